The van der Waals surface area contributed by atoms with Gasteiger partial charge in [0.15, 0.2) is 0 Å². The highest BCUT2D eigenvalue weighted by Gasteiger charge is 2.07. The Morgan fingerprint density at radius 1 is 1.38 bits per heavy atom. The van der Waals surface area contributed by atoms with Gasteiger partial charge in [0.25, 0.3) is 0 Å². The lowest BCUT2D eigenvalue weighted by atomic mass is 10.1. The standard InChI is InChI=1S/C17H21N3O/c1-3-16(19)9-14-6-7-20(11-14)12-15-8-13(10-18)4-5-17(15)21-2/h4-8,11,16H,3,9,12,19H2,1-2H3. The van der Waals surface area contributed by atoms with Crippen LogP contribution in [0.15, 0.2) is 36.7 Å². The molecule has 0 saturated heterocycles. The maximum absolute atomic E-state index is 9.01. The minimum atomic E-state index is 0.206. The summed E-state index contributed by atoms with van der Waals surface area (Å²) in [5.41, 5.74) is 8.86. The van der Waals surface area contributed by atoms with E-state index in [9.17, 15) is 0 Å². The van der Waals surface area contributed by atoms with Crippen LogP contribution in [-0.2, 0) is 13.0 Å². The molecule has 0 spiro atoms. The minimum absolute atomic E-state index is 0.206. The van der Waals surface area contributed by atoms with Gasteiger partial charge in [0.1, 0.15) is 5.75 Å². The first-order valence-corrected chi connectivity index (χ1v) is 7.13. The fraction of sp³-hybridized carbons (Fsp3) is 0.353. The van der Waals surface area contributed by atoms with E-state index in [1.807, 2.05) is 18.3 Å². The first-order chi connectivity index (χ1) is 10.2. The van der Waals surface area contributed by atoms with Crippen LogP contribution in [0.1, 0.15) is 30.0 Å². The minimum Gasteiger partial charge on any atom is -0.496 e. The maximum Gasteiger partial charge on any atom is 0.123 e. The van der Waals surface area contributed by atoms with E-state index >= 15 is 0 Å². The molecule has 21 heavy (non-hydrogen) atoms. The van der Waals surface area contributed by atoms with E-state index in [0.717, 1.165) is 24.2 Å². The van der Waals surface area contributed by atoms with Crippen molar-refractivity contribution in [1.29, 1.82) is 5.26 Å². The Bertz CT molecular complexity index is 640. The van der Waals surface area contributed by atoms with Crippen molar-refractivity contribution in [2.24, 2.45) is 5.73 Å². The average Bonchev–Trinajstić information content (AvgIpc) is 2.94. The van der Waals surface area contributed by atoms with E-state index in [1.54, 1.807) is 13.2 Å². The monoisotopic (exact) mass is 283 g/mol. The van der Waals surface area contributed by atoms with E-state index in [-0.39, 0.29) is 6.04 Å². The van der Waals surface area contributed by atoms with Crippen molar-refractivity contribution in [1.82, 2.24) is 4.57 Å². The van der Waals surface area contributed by atoms with E-state index in [0.29, 0.717) is 12.1 Å². The lowest BCUT2D eigenvalue weighted by molar-refractivity contribution is 0.408. The molecule has 0 radical (unpaired) electrons. The van der Waals surface area contributed by atoms with Gasteiger partial charge in [-0.2, -0.15) is 5.26 Å². The molecule has 2 N–H and O–H groups in total. The van der Waals surface area contributed by atoms with E-state index in [4.69, 9.17) is 15.7 Å². The molecule has 4 heteroatoms. The molecule has 0 aliphatic heterocycles. The normalized spacial score (nSPS) is 11.9. The lowest BCUT2D eigenvalue weighted by Gasteiger charge is -2.10. The molecule has 4 nitrogen and oxygen atoms in total. The van der Waals surface area contributed by atoms with Crippen LogP contribution in [0, 0.1) is 11.3 Å². The fourth-order valence-electron chi connectivity index (χ4n) is 2.33. The first-order valence-electron chi connectivity index (χ1n) is 7.13. The molecular formula is C17H21N3O. The van der Waals surface area contributed by atoms with Gasteiger partial charge in [-0.15, -0.1) is 0 Å². The molecule has 2 rings (SSSR count). The molecule has 1 atom stereocenters. The van der Waals surface area contributed by atoms with Crippen molar-refractivity contribution < 1.29 is 4.74 Å². The predicted molar refractivity (Wildman–Crippen MR) is 83.2 cm³/mol. The number of benzene rings is 1. The summed E-state index contributed by atoms with van der Waals surface area (Å²) in [5, 5.41) is 9.01. The van der Waals surface area contributed by atoms with Crippen molar-refractivity contribution in [3.63, 3.8) is 0 Å². The molecule has 1 aromatic heterocycles. The van der Waals surface area contributed by atoms with Crippen LogP contribution in [0.2, 0.25) is 0 Å². The summed E-state index contributed by atoms with van der Waals surface area (Å²) in [5.74, 6) is 0.800. The molecular weight excluding hydrogens is 262 g/mol. The second-order valence-corrected chi connectivity index (χ2v) is 5.20. The summed E-state index contributed by atoms with van der Waals surface area (Å²) < 4.78 is 7.46. The Labute approximate surface area is 125 Å². The van der Waals surface area contributed by atoms with Gasteiger partial charge < -0.3 is 15.0 Å². The Morgan fingerprint density at radius 3 is 2.86 bits per heavy atom. The smallest absolute Gasteiger partial charge is 0.123 e. The van der Waals surface area contributed by atoms with Crippen LogP contribution in [0.3, 0.4) is 0 Å². The molecule has 0 saturated carbocycles. The Kier molecular flexibility index (Phi) is 5.02. The van der Waals surface area contributed by atoms with Crippen molar-refractivity contribution in [3.05, 3.63) is 53.3 Å². The highest BCUT2D eigenvalue weighted by molar-refractivity contribution is 5.42. The summed E-state index contributed by atoms with van der Waals surface area (Å²) in [7, 11) is 1.65. The summed E-state index contributed by atoms with van der Waals surface area (Å²) >= 11 is 0. The number of aromatic nitrogens is 1. The molecule has 0 aliphatic rings. The number of nitrogens with two attached hydrogens (primary N) is 1. The van der Waals surface area contributed by atoms with Gasteiger partial charge in [-0.25, -0.2) is 0 Å². The van der Waals surface area contributed by atoms with Gasteiger partial charge in [-0.05, 0) is 42.7 Å². The van der Waals surface area contributed by atoms with Crippen molar-refractivity contribution >= 4 is 0 Å². The summed E-state index contributed by atoms with van der Waals surface area (Å²) in [6.07, 6.45) is 6.01. The zero-order valence-electron chi connectivity index (χ0n) is 12.5. The molecule has 1 unspecified atom stereocenters. The van der Waals surface area contributed by atoms with E-state index in [2.05, 4.69) is 29.8 Å². The summed E-state index contributed by atoms with van der Waals surface area (Å²) in [6.45, 7) is 2.78. The molecule has 0 amide bonds. The number of nitriles is 1. The quantitative estimate of drug-likeness (QED) is 0.886. The Balaban J connectivity index is 2.16. The third kappa shape index (κ3) is 3.87. The maximum atomic E-state index is 9.01. The fourth-order valence-corrected chi connectivity index (χ4v) is 2.33. The van der Waals surface area contributed by atoms with Crippen LogP contribution in [0.4, 0.5) is 0 Å². The lowest BCUT2D eigenvalue weighted by Crippen LogP contribution is -2.21. The van der Waals surface area contributed by atoms with Crippen LogP contribution in [0.5, 0.6) is 5.75 Å². The van der Waals surface area contributed by atoms with E-state index in [1.165, 1.54) is 5.56 Å². The third-order valence-electron chi connectivity index (χ3n) is 3.60. The predicted octanol–water partition coefficient (Wildman–Crippen LogP) is 2.70. The van der Waals surface area contributed by atoms with Crippen LogP contribution < -0.4 is 10.5 Å². The average molecular weight is 283 g/mol. The van der Waals surface area contributed by atoms with Gasteiger partial charge in [-0.3, -0.25) is 0 Å². The second-order valence-electron chi connectivity index (χ2n) is 5.20. The molecule has 110 valence electrons. The Morgan fingerprint density at radius 2 is 2.19 bits per heavy atom. The molecule has 1 heterocycles. The van der Waals surface area contributed by atoms with E-state index < -0.39 is 0 Å². The highest BCUT2D eigenvalue weighted by Crippen LogP contribution is 2.21. The number of hydrogen-bond donors (Lipinski definition) is 1. The van der Waals surface area contributed by atoms with Crippen LogP contribution in [0.25, 0.3) is 0 Å². The highest BCUT2D eigenvalue weighted by atomic mass is 16.5. The Hall–Kier alpha value is -2.25. The molecule has 0 fully saturated rings. The zero-order chi connectivity index (χ0) is 15.2. The van der Waals surface area contributed by atoms with Gasteiger partial charge in [0.05, 0.1) is 25.3 Å². The second kappa shape index (κ2) is 6.96. The van der Waals surface area contributed by atoms with Crippen molar-refractivity contribution in [3.8, 4) is 11.8 Å². The van der Waals surface area contributed by atoms with Gasteiger partial charge in [-0.1, -0.05) is 6.92 Å². The van der Waals surface area contributed by atoms with Gasteiger partial charge >= 0.3 is 0 Å². The molecule has 1 aromatic carbocycles. The number of ether oxygens (including phenoxy) is 1. The first kappa shape index (κ1) is 15.1. The van der Waals surface area contributed by atoms with Gasteiger partial charge in [0, 0.05) is 24.0 Å². The van der Waals surface area contributed by atoms with Crippen LogP contribution >= 0.6 is 0 Å². The number of hydrogen-bond acceptors (Lipinski definition) is 3. The summed E-state index contributed by atoms with van der Waals surface area (Å²) in [6, 6.07) is 9.94. The molecule has 0 bridgehead atoms. The number of methoxy groups -OCH3 is 1. The largest absolute Gasteiger partial charge is 0.496 e. The number of nitrogens with zero attached hydrogens (tertiary/aromatic N) is 2. The zero-order valence-corrected chi connectivity index (χ0v) is 12.5. The topological polar surface area (TPSA) is 64.0 Å². The molecule has 0 aliphatic carbocycles. The molecule has 2 aromatic rings. The van der Waals surface area contributed by atoms with Crippen molar-refractivity contribution in [2.45, 2.75) is 32.4 Å². The summed E-state index contributed by atoms with van der Waals surface area (Å²) in [4.78, 5) is 0. The number of rotatable bonds is 6. The SMILES string of the molecule is CCC(N)Cc1ccn(Cc2cc(C#N)ccc2OC)c1. The van der Waals surface area contributed by atoms with Crippen molar-refractivity contribution in [2.75, 3.05) is 7.11 Å². The van der Waals surface area contributed by atoms with Crippen LogP contribution in [-0.4, -0.2) is 17.7 Å². The van der Waals surface area contributed by atoms with Gasteiger partial charge in [0.2, 0.25) is 0 Å². The third-order valence-corrected chi connectivity index (χ3v) is 3.60.